The van der Waals surface area contributed by atoms with Crippen LogP contribution in [-0.4, -0.2) is 24.8 Å². The van der Waals surface area contributed by atoms with Crippen LogP contribution in [0.25, 0.3) is 0 Å². The van der Waals surface area contributed by atoms with Crippen LogP contribution in [-0.2, 0) is 4.74 Å². The molecule has 0 aromatic heterocycles. The average molecular weight is 198 g/mol. The Balaban J connectivity index is 2.99. The van der Waals surface area contributed by atoms with Crippen molar-refractivity contribution in [3.8, 4) is 11.5 Å². The molecule has 0 radical (unpaired) electrons. The Morgan fingerprint density at radius 1 is 1.50 bits per heavy atom. The standard InChI is InChI=1S/C10H12O4/c1-3-14-10(12)8-6-7(13-2)4-5-9(8)11/h4-6,11H,3H2,1-2H3/i10+2. The van der Waals surface area contributed by atoms with Crippen molar-refractivity contribution in [1.82, 2.24) is 0 Å². The molecule has 4 nitrogen and oxygen atoms in total. The van der Waals surface area contributed by atoms with Crippen LogP contribution >= 0.6 is 0 Å². The Labute approximate surface area is 82.1 Å². The molecule has 1 rings (SSSR count). The molecule has 0 saturated carbocycles. The first-order valence-electron chi connectivity index (χ1n) is 4.23. The topological polar surface area (TPSA) is 55.8 Å². The third-order valence-electron chi connectivity index (χ3n) is 1.70. The van der Waals surface area contributed by atoms with Crippen molar-refractivity contribution in [2.45, 2.75) is 6.92 Å². The van der Waals surface area contributed by atoms with Crippen LogP contribution < -0.4 is 4.74 Å². The van der Waals surface area contributed by atoms with E-state index in [1.807, 2.05) is 0 Å². The highest BCUT2D eigenvalue weighted by atomic mass is 16.8. The van der Waals surface area contributed by atoms with Gasteiger partial charge in [-0.1, -0.05) is 0 Å². The smallest absolute Gasteiger partial charge is 0.342 e. The normalized spacial score (nSPS) is 9.57. The number of methoxy groups -OCH3 is 1. The number of carbonyl (C=O) groups excluding carboxylic acids is 1. The van der Waals surface area contributed by atoms with Gasteiger partial charge in [-0.05, 0) is 25.1 Å². The molecule has 0 fully saturated rings. The van der Waals surface area contributed by atoms with E-state index in [9.17, 15) is 9.90 Å². The molecular formula is C10H12O4. The second-order valence-corrected chi connectivity index (χ2v) is 2.60. The molecule has 1 N–H and O–H groups in total. The Morgan fingerprint density at radius 2 is 2.21 bits per heavy atom. The van der Waals surface area contributed by atoms with Gasteiger partial charge in [-0.2, -0.15) is 0 Å². The highest BCUT2D eigenvalue weighted by Crippen LogP contribution is 2.23. The Kier molecular flexibility index (Phi) is 3.34. The molecule has 14 heavy (non-hydrogen) atoms. The predicted molar refractivity (Wildman–Crippen MR) is 50.6 cm³/mol. The first-order chi connectivity index (χ1) is 6.69. The van der Waals surface area contributed by atoms with Crippen LogP contribution in [0.3, 0.4) is 0 Å². The summed E-state index contributed by atoms with van der Waals surface area (Å²) in [6.45, 7) is 1.98. The van der Waals surface area contributed by atoms with Gasteiger partial charge in [-0.15, -0.1) is 0 Å². The van der Waals surface area contributed by atoms with Crippen molar-refractivity contribution in [2.24, 2.45) is 0 Å². The summed E-state index contributed by atoms with van der Waals surface area (Å²) in [7, 11) is 1.49. The van der Waals surface area contributed by atoms with Gasteiger partial charge in [-0.3, -0.25) is 0 Å². The zero-order chi connectivity index (χ0) is 10.6. The summed E-state index contributed by atoms with van der Waals surface area (Å²) in [4.78, 5) is 11.3. The molecule has 1 aromatic rings. The van der Waals surface area contributed by atoms with Gasteiger partial charge in [0.15, 0.2) is 0 Å². The summed E-state index contributed by atoms with van der Waals surface area (Å²) >= 11 is 0. The quantitative estimate of drug-likeness (QED) is 0.749. The van der Waals surface area contributed by atoms with E-state index in [4.69, 9.17) is 9.47 Å². The maximum absolute atomic E-state index is 11.3. The highest BCUT2D eigenvalue weighted by molar-refractivity contribution is 5.92. The molecule has 0 aliphatic rings. The largest absolute Gasteiger partial charge is 0.507 e. The molecule has 0 bridgehead atoms. The Bertz CT molecular complexity index is 333. The number of esters is 1. The number of ether oxygens (including phenoxy) is 2. The molecule has 0 atom stereocenters. The van der Waals surface area contributed by atoms with Crippen molar-refractivity contribution in [1.29, 1.82) is 0 Å². The van der Waals surface area contributed by atoms with Crippen LogP contribution in [0.4, 0.5) is 0 Å². The number of phenols is 1. The lowest BCUT2D eigenvalue weighted by Gasteiger charge is -2.06. The molecular weight excluding hydrogens is 186 g/mol. The van der Waals surface area contributed by atoms with Gasteiger partial charge in [0.25, 0.3) is 0 Å². The van der Waals surface area contributed by atoms with Crippen LogP contribution in [0.5, 0.6) is 11.5 Å². The first-order valence-corrected chi connectivity index (χ1v) is 4.23. The molecule has 0 heterocycles. The summed E-state index contributed by atoms with van der Waals surface area (Å²) in [6.07, 6.45) is 0. The molecule has 0 aliphatic carbocycles. The van der Waals surface area contributed by atoms with Gasteiger partial charge in [-0.25, -0.2) is 4.79 Å². The number of carbonyl (C=O) groups is 1. The molecule has 76 valence electrons. The lowest BCUT2D eigenvalue weighted by Crippen LogP contribution is -2.05. The third-order valence-corrected chi connectivity index (χ3v) is 1.70. The fourth-order valence-corrected chi connectivity index (χ4v) is 1.01. The summed E-state index contributed by atoms with van der Waals surface area (Å²) in [5.41, 5.74) is 0.117. The van der Waals surface area contributed by atoms with Gasteiger partial charge < -0.3 is 14.6 Å². The molecule has 0 unspecified atom stereocenters. The SMILES string of the molecule is CCO[14C](=O)c1cc(OC)ccc1O. The third kappa shape index (κ3) is 2.16. The lowest BCUT2D eigenvalue weighted by atomic mass is 10.3. The number of rotatable bonds is 3. The monoisotopic (exact) mass is 198 g/mol. The number of benzene rings is 1. The van der Waals surface area contributed by atoms with E-state index in [2.05, 4.69) is 0 Å². The minimum Gasteiger partial charge on any atom is -0.507 e. The van der Waals surface area contributed by atoms with Gasteiger partial charge >= 0.3 is 5.97 Å². The van der Waals surface area contributed by atoms with E-state index in [0.717, 1.165) is 0 Å². The van der Waals surface area contributed by atoms with E-state index >= 15 is 0 Å². The number of hydrogen-bond acceptors (Lipinski definition) is 4. The van der Waals surface area contributed by atoms with Crippen LogP contribution in [0.1, 0.15) is 17.3 Å². The van der Waals surface area contributed by atoms with Crippen LogP contribution in [0, 0.1) is 0 Å². The Morgan fingerprint density at radius 3 is 2.79 bits per heavy atom. The maximum atomic E-state index is 11.3. The van der Waals surface area contributed by atoms with Gasteiger partial charge in [0, 0.05) is 0 Å². The minimum atomic E-state index is -0.552. The fourth-order valence-electron chi connectivity index (χ4n) is 1.01. The van der Waals surface area contributed by atoms with Crippen molar-refractivity contribution in [2.75, 3.05) is 13.7 Å². The summed E-state index contributed by atoms with van der Waals surface area (Å²) in [6, 6.07) is 4.40. The molecule has 4 heteroatoms. The zero-order valence-electron chi connectivity index (χ0n) is 8.11. The molecule has 0 spiro atoms. The van der Waals surface area contributed by atoms with E-state index < -0.39 is 5.97 Å². The van der Waals surface area contributed by atoms with Gasteiger partial charge in [0.05, 0.1) is 13.7 Å². The van der Waals surface area contributed by atoms with Crippen LogP contribution in [0.2, 0.25) is 0 Å². The Hall–Kier alpha value is -1.71. The average Bonchev–Trinajstić information content (AvgIpc) is 2.19. The molecule has 0 aliphatic heterocycles. The summed E-state index contributed by atoms with van der Waals surface area (Å²) in [5.74, 6) is -0.154. The zero-order valence-corrected chi connectivity index (χ0v) is 8.11. The van der Waals surface area contributed by atoms with E-state index in [1.165, 1.54) is 19.2 Å². The molecule has 1 aromatic carbocycles. The van der Waals surface area contributed by atoms with Gasteiger partial charge in [0.2, 0.25) is 0 Å². The number of phenolic OH excluding ortho intramolecular Hbond substituents is 1. The summed E-state index contributed by atoms with van der Waals surface area (Å²) in [5, 5.41) is 9.37. The highest BCUT2D eigenvalue weighted by Gasteiger charge is 2.12. The second kappa shape index (κ2) is 4.50. The van der Waals surface area contributed by atoms with Crippen LogP contribution in [0.15, 0.2) is 18.2 Å². The van der Waals surface area contributed by atoms with E-state index in [-0.39, 0.29) is 17.9 Å². The van der Waals surface area contributed by atoms with Crippen molar-refractivity contribution in [3.05, 3.63) is 23.8 Å². The maximum Gasteiger partial charge on any atom is 0.342 e. The van der Waals surface area contributed by atoms with E-state index in [0.29, 0.717) is 5.75 Å². The molecule has 0 saturated heterocycles. The second-order valence-electron chi connectivity index (χ2n) is 2.60. The fraction of sp³-hybridized carbons (Fsp3) is 0.300. The van der Waals surface area contributed by atoms with Crippen molar-refractivity contribution in [3.63, 3.8) is 0 Å². The van der Waals surface area contributed by atoms with Gasteiger partial charge in [0.1, 0.15) is 17.1 Å². The number of hydrogen-bond donors (Lipinski definition) is 1. The number of aromatic hydroxyl groups is 1. The van der Waals surface area contributed by atoms with Crippen molar-refractivity contribution >= 4 is 5.97 Å². The molecule has 0 amide bonds. The predicted octanol–water partition coefficient (Wildman–Crippen LogP) is 1.58. The first kappa shape index (κ1) is 10.4. The summed E-state index contributed by atoms with van der Waals surface area (Å²) < 4.78 is 9.67. The lowest BCUT2D eigenvalue weighted by molar-refractivity contribution is 0.0522. The van der Waals surface area contributed by atoms with Crippen molar-refractivity contribution < 1.29 is 19.4 Å². The minimum absolute atomic E-state index is 0.107. The van der Waals surface area contributed by atoms with E-state index in [1.54, 1.807) is 13.0 Å².